The first-order valence-corrected chi connectivity index (χ1v) is 3.12. The van der Waals surface area contributed by atoms with Crippen molar-refractivity contribution < 1.29 is 9.53 Å². The first-order valence-electron chi connectivity index (χ1n) is 3.12. The molecule has 0 saturated heterocycles. The van der Waals surface area contributed by atoms with Gasteiger partial charge in [0.15, 0.2) is 0 Å². The molecule has 0 atom stereocenters. The van der Waals surface area contributed by atoms with Gasteiger partial charge in [0, 0.05) is 0 Å². The van der Waals surface area contributed by atoms with E-state index in [9.17, 15) is 4.79 Å². The van der Waals surface area contributed by atoms with Crippen molar-refractivity contribution >= 4 is 5.97 Å². The Morgan fingerprint density at radius 1 is 1.40 bits per heavy atom. The third kappa shape index (κ3) is 0.692. The van der Waals surface area contributed by atoms with Gasteiger partial charge in [0.05, 0.1) is 5.56 Å². The quantitative estimate of drug-likeness (QED) is 0.501. The minimum atomic E-state index is -0.215. The maximum absolute atomic E-state index is 10.8. The smallest absolute Gasteiger partial charge is 0.338 e. The van der Waals surface area contributed by atoms with Crippen molar-refractivity contribution in [2.75, 3.05) is 0 Å². The van der Waals surface area contributed by atoms with Crippen molar-refractivity contribution in [3.8, 4) is 0 Å². The van der Waals surface area contributed by atoms with E-state index in [0.717, 1.165) is 5.56 Å². The Hall–Kier alpha value is -1.31. The molecular weight excluding hydrogens is 128 g/mol. The van der Waals surface area contributed by atoms with Crippen molar-refractivity contribution in [3.05, 3.63) is 35.4 Å². The molecule has 0 aromatic heterocycles. The second-order valence-electron chi connectivity index (χ2n) is 2.28. The molecule has 0 saturated carbocycles. The highest BCUT2D eigenvalue weighted by Gasteiger charge is 2.12. The zero-order valence-electron chi connectivity index (χ0n) is 5.33. The molecule has 2 bridgehead atoms. The number of esters is 1. The maximum Gasteiger partial charge on any atom is 0.338 e. The molecule has 10 heavy (non-hydrogen) atoms. The number of benzene rings is 1. The molecule has 0 N–H and O–H groups in total. The van der Waals surface area contributed by atoms with Crippen molar-refractivity contribution in [1.29, 1.82) is 0 Å². The van der Waals surface area contributed by atoms with Crippen molar-refractivity contribution in [2.24, 2.45) is 0 Å². The molecule has 1 aliphatic heterocycles. The van der Waals surface area contributed by atoms with Crippen LogP contribution in [-0.4, -0.2) is 5.97 Å². The molecule has 0 unspecified atom stereocenters. The van der Waals surface area contributed by atoms with E-state index >= 15 is 0 Å². The summed E-state index contributed by atoms with van der Waals surface area (Å²) >= 11 is 0. The molecule has 0 fully saturated rings. The van der Waals surface area contributed by atoms with Crippen LogP contribution in [0.15, 0.2) is 24.3 Å². The largest absolute Gasteiger partial charge is 0.457 e. The second-order valence-corrected chi connectivity index (χ2v) is 2.28. The van der Waals surface area contributed by atoms with E-state index in [-0.39, 0.29) is 5.97 Å². The Bertz CT molecular complexity index is 278. The number of rotatable bonds is 0. The molecule has 2 heteroatoms. The fraction of sp³-hybridized carbons (Fsp3) is 0.125. The van der Waals surface area contributed by atoms with Crippen molar-refractivity contribution in [1.82, 2.24) is 0 Å². The van der Waals surface area contributed by atoms with Crippen LogP contribution in [0, 0.1) is 0 Å². The van der Waals surface area contributed by atoms with Crippen LogP contribution >= 0.6 is 0 Å². The van der Waals surface area contributed by atoms with E-state index in [0.29, 0.717) is 12.2 Å². The molecule has 1 aromatic rings. The summed E-state index contributed by atoms with van der Waals surface area (Å²) in [7, 11) is 0. The molecule has 0 radical (unpaired) electrons. The summed E-state index contributed by atoms with van der Waals surface area (Å²) in [6.45, 7) is 0.423. The Kier molecular flexibility index (Phi) is 1.01. The predicted molar refractivity (Wildman–Crippen MR) is 35.6 cm³/mol. The number of hydrogen-bond donors (Lipinski definition) is 0. The lowest BCUT2D eigenvalue weighted by atomic mass is 10.1. The van der Waals surface area contributed by atoms with Gasteiger partial charge in [0.2, 0.25) is 0 Å². The lowest BCUT2D eigenvalue weighted by molar-refractivity contribution is 0.0454. The summed E-state index contributed by atoms with van der Waals surface area (Å²) in [5, 5.41) is 0. The van der Waals surface area contributed by atoms with Gasteiger partial charge in [0.1, 0.15) is 6.61 Å². The number of cyclic esters (lactones) is 1. The number of fused-ring (bicyclic) bond motifs is 2. The third-order valence-electron chi connectivity index (χ3n) is 1.53. The normalized spacial score (nSPS) is 14.6. The van der Waals surface area contributed by atoms with Gasteiger partial charge < -0.3 is 4.74 Å². The van der Waals surface area contributed by atoms with Gasteiger partial charge in [-0.1, -0.05) is 12.1 Å². The monoisotopic (exact) mass is 134 g/mol. The Morgan fingerprint density at radius 3 is 3.10 bits per heavy atom. The average molecular weight is 134 g/mol. The Balaban J connectivity index is 2.59. The fourth-order valence-electron chi connectivity index (χ4n) is 1.02. The van der Waals surface area contributed by atoms with E-state index < -0.39 is 0 Å². The molecule has 1 aliphatic rings. The lowest BCUT2D eigenvalue weighted by Gasteiger charge is -2.11. The maximum atomic E-state index is 10.8. The van der Waals surface area contributed by atoms with Crippen molar-refractivity contribution in [2.45, 2.75) is 6.61 Å². The number of hydrogen-bond acceptors (Lipinski definition) is 2. The first kappa shape index (κ1) is 5.47. The van der Waals surface area contributed by atoms with Gasteiger partial charge in [-0.05, 0) is 17.7 Å². The van der Waals surface area contributed by atoms with E-state index in [4.69, 9.17) is 4.74 Å². The zero-order valence-corrected chi connectivity index (χ0v) is 5.33. The number of carbonyl (C=O) groups is 1. The minimum absolute atomic E-state index is 0.215. The fourth-order valence-corrected chi connectivity index (χ4v) is 1.02. The first-order chi connectivity index (χ1) is 4.86. The van der Waals surface area contributed by atoms with Crippen LogP contribution in [0.25, 0.3) is 0 Å². The van der Waals surface area contributed by atoms with Gasteiger partial charge in [-0.15, -0.1) is 0 Å². The van der Waals surface area contributed by atoms with Crippen LogP contribution in [0.4, 0.5) is 0 Å². The summed E-state index contributed by atoms with van der Waals surface area (Å²) in [6.07, 6.45) is 0. The summed E-state index contributed by atoms with van der Waals surface area (Å²) in [5.41, 5.74) is 1.72. The van der Waals surface area contributed by atoms with Crippen LogP contribution in [0.1, 0.15) is 15.9 Å². The topological polar surface area (TPSA) is 26.3 Å². The molecular formula is C8H6O2. The molecule has 0 aliphatic carbocycles. The van der Waals surface area contributed by atoms with Crippen LogP contribution in [0.3, 0.4) is 0 Å². The summed E-state index contributed by atoms with van der Waals surface area (Å²) < 4.78 is 4.82. The Morgan fingerprint density at radius 2 is 2.30 bits per heavy atom. The third-order valence-corrected chi connectivity index (χ3v) is 1.53. The summed E-state index contributed by atoms with van der Waals surface area (Å²) in [6, 6.07) is 7.41. The second kappa shape index (κ2) is 1.84. The van der Waals surface area contributed by atoms with Crippen LogP contribution in [0.5, 0.6) is 0 Å². The van der Waals surface area contributed by atoms with Gasteiger partial charge in [-0.25, -0.2) is 4.79 Å². The number of carbonyl (C=O) groups excluding carboxylic acids is 1. The standard InChI is InChI=1S/C8H6O2/c9-8-7-3-1-2-6(4-7)5-10-8/h1-4H,5H2. The SMILES string of the molecule is O=C1OCc2cccc1c2. The molecule has 1 aromatic carbocycles. The van der Waals surface area contributed by atoms with Gasteiger partial charge in [0.25, 0.3) is 0 Å². The zero-order chi connectivity index (χ0) is 6.97. The van der Waals surface area contributed by atoms with E-state index in [1.807, 2.05) is 18.2 Å². The highest BCUT2D eigenvalue weighted by atomic mass is 16.5. The molecule has 50 valence electrons. The molecule has 1 heterocycles. The Labute approximate surface area is 58.4 Å². The molecule has 2 nitrogen and oxygen atoms in total. The lowest BCUT2D eigenvalue weighted by Crippen LogP contribution is -2.10. The highest BCUT2D eigenvalue weighted by Crippen LogP contribution is 2.13. The van der Waals surface area contributed by atoms with E-state index in [1.54, 1.807) is 6.07 Å². The van der Waals surface area contributed by atoms with Gasteiger partial charge >= 0.3 is 5.97 Å². The van der Waals surface area contributed by atoms with Crippen LogP contribution in [0.2, 0.25) is 0 Å². The van der Waals surface area contributed by atoms with Crippen LogP contribution < -0.4 is 0 Å². The molecule has 2 rings (SSSR count). The van der Waals surface area contributed by atoms with Gasteiger partial charge in [-0.2, -0.15) is 0 Å². The average Bonchev–Trinajstić information content (AvgIpc) is 1.99. The molecule has 0 spiro atoms. The summed E-state index contributed by atoms with van der Waals surface area (Å²) in [5.74, 6) is -0.215. The predicted octanol–water partition coefficient (Wildman–Crippen LogP) is 1.36. The molecule has 0 amide bonds. The van der Waals surface area contributed by atoms with Crippen LogP contribution in [-0.2, 0) is 11.3 Å². The van der Waals surface area contributed by atoms with E-state index in [1.165, 1.54) is 0 Å². The van der Waals surface area contributed by atoms with E-state index in [2.05, 4.69) is 0 Å². The van der Waals surface area contributed by atoms with Crippen molar-refractivity contribution in [3.63, 3.8) is 0 Å². The summed E-state index contributed by atoms with van der Waals surface area (Å²) in [4.78, 5) is 10.8. The van der Waals surface area contributed by atoms with Gasteiger partial charge in [-0.3, -0.25) is 0 Å². The number of ether oxygens (including phenoxy) is 1. The highest BCUT2D eigenvalue weighted by molar-refractivity contribution is 5.90. The minimum Gasteiger partial charge on any atom is -0.457 e.